The number of benzene rings is 1. The molecule has 1 amide bonds. The number of aromatic nitrogens is 2. The number of carbonyl (C=O) groups is 1. The number of hydrogen-bond donors (Lipinski definition) is 1. The molecule has 0 aliphatic carbocycles. The Kier molecular flexibility index (Phi) is 7.58. The van der Waals surface area contributed by atoms with E-state index in [1.54, 1.807) is 65.0 Å². The molecule has 2 heterocycles. The SMILES string of the molecule is CC(C)S(=O)(=O)Cc1cc(N2CCOCC2)nc(-c2ccc(NC(=O)OC(C)(C)C)cc2)n1. The molecule has 3 rings (SSSR count). The van der Waals surface area contributed by atoms with Crippen molar-refractivity contribution in [3.05, 3.63) is 36.0 Å². The Balaban J connectivity index is 1.89. The number of ether oxygens (including phenoxy) is 2. The molecule has 0 radical (unpaired) electrons. The lowest BCUT2D eigenvalue weighted by atomic mass is 10.2. The average Bonchev–Trinajstić information content (AvgIpc) is 2.73. The molecule has 0 unspecified atom stereocenters. The van der Waals surface area contributed by atoms with Crippen LogP contribution in [0.3, 0.4) is 0 Å². The van der Waals surface area contributed by atoms with Gasteiger partial charge >= 0.3 is 6.09 Å². The first-order valence-electron chi connectivity index (χ1n) is 11.0. The molecule has 1 aliphatic rings. The Morgan fingerprint density at radius 2 is 1.79 bits per heavy atom. The van der Waals surface area contributed by atoms with Crippen LogP contribution in [0.4, 0.5) is 16.3 Å². The highest BCUT2D eigenvalue weighted by atomic mass is 32.2. The van der Waals surface area contributed by atoms with Gasteiger partial charge < -0.3 is 14.4 Å². The van der Waals surface area contributed by atoms with Crippen molar-refractivity contribution in [3.8, 4) is 11.4 Å². The number of anilines is 2. The van der Waals surface area contributed by atoms with Crippen LogP contribution in [0.25, 0.3) is 11.4 Å². The summed E-state index contributed by atoms with van der Waals surface area (Å²) in [7, 11) is -3.33. The number of nitrogens with zero attached hydrogens (tertiary/aromatic N) is 3. The summed E-state index contributed by atoms with van der Waals surface area (Å²) in [5.74, 6) is 0.945. The van der Waals surface area contributed by atoms with Gasteiger partial charge in [0.15, 0.2) is 15.7 Å². The molecule has 1 aliphatic heterocycles. The number of sulfone groups is 1. The van der Waals surface area contributed by atoms with Gasteiger partial charge in [-0.1, -0.05) is 0 Å². The molecule has 0 atom stereocenters. The fourth-order valence-corrected chi connectivity index (χ4v) is 4.03. The fourth-order valence-electron chi connectivity index (χ4n) is 3.14. The standard InChI is InChI=1S/C23H32N4O5S/c1-16(2)33(29,30)15-19-14-20(27-10-12-31-13-11-27)26-21(24-19)17-6-8-18(9-7-17)25-22(28)32-23(3,4)5/h6-9,14,16H,10-13,15H2,1-5H3,(H,25,28). The minimum atomic E-state index is -3.33. The van der Waals surface area contributed by atoms with Gasteiger partial charge in [-0.15, -0.1) is 0 Å². The van der Waals surface area contributed by atoms with E-state index in [-0.39, 0.29) is 5.75 Å². The number of amides is 1. The first-order chi connectivity index (χ1) is 15.4. The maximum Gasteiger partial charge on any atom is 0.412 e. The highest BCUT2D eigenvalue weighted by Gasteiger charge is 2.22. The van der Waals surface area contributed by atoms with E-state index in [1.165, 1.54) is 0 Å². The summed E-state index contributed by atoms with van der Waals surface area (Å²) >= 11 is 0. The van der Waals surface area contributed by atoms with Gasteiger partial charge in [-0.3, -0.25) is 5.32 Å². The molecule has 0 saturated carbocycles. The highest BCUT2D eigenvalue weighted by molar-refractivity contribution is 7.91. The smallest absolute Gasteiger partial charge is 0.412 e. The Bertz CT molecular complexity index is 1070. The number of nitrogens with one attached hydrogen (secondary N) is 1. The minimum Gasteiger partial charge on any atom is -0.444 e. The molecule has 2 aromatic rings. The predicted octanol–water partition coefficient (Wildman–Crippen LogP) is 3.65. The Morgan fingerprint density at radius 3 is 2.36 bits per heavy atom. The van der Waals surface area contributed by atoms with Crippen molar-refractivity contribution in [1.29, 1.82) is 0 Å². The quantitative estimate of drug-likeness (QED) is 0.673. The van der Waals surface area contributed by atoms with Crippen LogP contribution in [0.15, 0.2) is 30.3 Å². The zero-order valence-corrected chi connectivity index (χ0v) is 20.6. The van der Waals surface area contributed by atoms with Crippen LogP contribution in [-0.4, -0.2) is 61.6 Å². The van der Waals surface area contributed by atoms with E-state index >= 15 is 0 Å². The topological polar surface area (TPSA) is 111 Å². The normalized spacial score (nSPS) is 14.9. The molecular formula is C23H32N4O5S. The second-order valence-corrected chi connectivity index (χ2v) is 11.8. The van der Waals surface area contributed by atoms with E-state index in [2.05, 4.69) is 15.2 Å². The first kappa shape index (κ1) is 24.9. The van der Waals surface area contributed by atoms with Crippen LogP contribution in [0.2, 0.25) is 0 Å². The molecule has 10 heteroatoms. The Labute approximate surface area is 195 Å². The predicted molar refractivity (Wildman–Crippen MR) is 128 cm³/mol. The van der Waals surface area contributed by atoms with Crippen LogP contribution in [-0.2, 0) is 25.1 Å². The van der Waals surface area contributed by atoms with Gasteiger partial charge in [-0.2, -0.15) is 0 Å². The fraction of sp³-hybridized carbons (Fsp3) is 0.522. The van der Waals surface area contributed by atoms with Gasteiger partial charge in [0.25, 0.3) is 0 Å². The molecule has 0 bridgehead atoms. The van der Waals surface area contributed by atoms with Gasteiger partial charge in [0, 0.05) is 30.4 Å². The van der Waals surface area contributed by atoms with Gasteiger partial charge in [0.05, 0.1) is 29.9 Å². The van der Waals surface area contributed by atoms with Crippen LogP contribution in [0.1, 0.15) is 40.3 Å². The Hall–Kier alpha value is -2.72. The first-order valence-corrected chi connectivity index (χ1v) is 12.7. The molecule has 9 nitrogen and oxygen atoms in total. The van der Waals surface area contributed by atoms with Gasteiger partial charge in [0.1, 0.15) is 11.4 Å². The van der Waals surface area contributed by atoms with E-state index in [0.717, 1.165) is 0 Å². The summed E-state index contributed by atoms with van der Waals surface area (Å²) in [6.45, 7) is 11.2. The van der Waals surface area contributed by atoms with Crippen molar-refractivity contribution in [2.45, 2.75) is 51.2 Å². The zero-order valence-electron chi connectivity index (χ0n) is 19.8. The van der Waals surface area contributed by atoms with E-state index in [4.69, 9.17) is 14.5 Å². The second kappa shape index (κ2) is 10.0. The van der Waals surface area contributed by atoms with Crippen molar-refractivity contribution >= 4 is 27.4 Å². The third-order valence-electron chi connectivity index (χ3n) is 4.96. The van der Waals surface area contributed by atoms with Crippen molar-refractivity contribution in [1.82, 2.24) is 9.97 Å². The van der Waals surface area contributed by atoms with Crippen LogP contribution in [0, 0.1) is 0 Å². The molecular weight excluding hydrogens is 444 g/mol. The van der Waals surface area contributed by atoms with Crippen molar-refractivity contribution in [2.24, 2.45) is 0 Å². The molecule has 33 heavy (non-hydrogen) atoms. The molecule has 1 aromatic heterocycles. The summed E-state index contributed by atoms with van der Waals surface area (Å²) < 4.78 is 35.8. The number of hydrogen-bond acceptors (Lipinski definition) is 8. The van der Waals surface area contributed by atoms with E-state index in [1.807, 2.05) is 0 Å². The molecule has 1 fully saturated rings. The van der Waals surface area contributed by atoms with Gasteiger partial charge in [-0.05, 0) is 58.9 Å². The summed E-state index contributed by atoms with van der Waals surface area (Å²) in [5.41, 5.74) is 1.14. The molecule has 1 saturated heterocycles. The van der Waals surface area contributed by atoms with Crippen LogP contribution >= 0.6 is 0 Å². The second-order valence-electron chi connectivity index (χ2n) is 9.20. The van der Waals surface area contributed by atoms with E-state index < -0.39 is 26.8 Å². The number of carbonyl (C=O) groups excluding carboxylic acids is 1. The van der Waals surface area contributed by atoms with E-state index in [9.17, 15) is 13.2 Å². The lowest BCUT2D eigenvalue weighted by molar-refractivity contribution is 0.0636. The molecule has 1 N–H and O–H groups in total. The third-order valence-corrected chi connectivity index (χ3v) is 7.09. The van der Waals surface area contributed by atoms with Crippen molar-refractivity contribution in [3.63, 3.8) is 0 Å². The lowest BCUT2D eigenvalue weighted by Crippen LogP contribution is -2.37. The third kappa shape index (κ3) is 7.13. The van der Waals surface area contributed by atoms with Crippen LogP contribution in [0.5, 0.6) is 0 Å². The summed E-state index contributed by atoms with van der Waals surface area (Å²) in [6, 6.07) is 8.77. The number of morpholine rings is 1. The van der Waals surface area contributed by atoms with Crippen molar-refractivity contribution < 1.29 is 22.7 Å². The van der Waals surface area contributed by atoms with E-state index in [0.29, 0.717) is 54.9 Å². The maximum atomic E-state index is 12.5. The summed E-state index contributed by atoms with van der Waals surface area (Å²) in [4.78, 5) is 23.3. The minimum absolute atomic E-state index is 0.157. The molecule has 1 aromatic carbocycles. The largest absolute Gasteiger partial charge is 0.444 e. The highest BCUT2D eigenvalue weighted by Crippen LogP contribution is 2.24. The zero-order chi connectivity index (χ0) is 24.2. The molecule has 0 spiro atoms. The van der Waals surface area contributed by atoms with Gasteiger partial charge in [0.2, 0.25) is 0 Å². The summed E-state index contributed by atoms with van der Waals surface area (Å²) in [6.07, 6.45) is -0.540. The molecule has 180 valence electrons. The monoisotopic (exact) mass is 476 g/mol. The lowest BCUT2D eigenvalue weighted by Gasteiger charge is -2.28. The van der Waals surface area contributed by atoms with Crippen LogP contribution < -0.4 is 10.2 Å². The number of rotatable bonds is 6. The maximum absolute atomic E-state index is 12.5. The average molecular weight is 477 g/mol. The van der Waals surface area contributed by atoms with Crippen molar-refractivity contribution in [2.75, 3.05) is 36.5 Å². The Morgan fingerprint density at radius 1 is 1.15 bits per heavy atom. The van der Waals surface area contributed by atoms with Gasteiger partial charge in [-0.25, -0.2) is 23.2 Å². The summed E-state index contributed by atoms with van der Waals surface area (Å²) in [5, 5.41) is 2.19.